The number of ether oxygens (including phenoxy) is 2. The number of unbranched alkanes of at least 4 members (excludes halogenated alkanes) is 8. The van der Waals surface area contributed by atoms with Crippen molar-refractivity contribution in [3.05, 3.63) is 72.9 Å². The zero-order valence-corrected chi connectivity index (χ0v) is 34.4. The van der Waals surface area contributed by atoms with Crippen LogP contribution in [-0.2, 0) is 32.7 Å². The fourth-order valence-electron chi connectivity index (χ4n) is 4.64. The van der Waals surface area contributed by atoms with Crippen molar-refractivity contribution in [3.63, 3.8) is 0 Å². The van der Waals surface area contributed by atoms with E-state index in [0.29, 0.717) is 36.7 Å². The number of aliphatic hydroxyl groups is 1. The van der Waals surface area contributed by atoms with E-state index in [-0.39, 0.29) is 26.1 Å². The number of aliphatic hydroxyl groups excluding tert-OH is 1. The molecule has 0 aromatic heterocycles. The second-order valence-electron chi connectivity index (χ2n) is 14.1. The minimum absolute atomic E-state index is 0.0550. The van der Waals surface area contributed by atoms with Crippen LogP contribution < -0.4 is 4.89 Å². The summed E-state index contributed by atoms with van der Waals surface area (Å²) in [4.78, 5) is 37.3. The number of allylic oxidation sites excluding steroid dienone is 10. The minimum atomic E-state index is -4.65. The van der Waals surface area contributed by atoms with Gasteiger partial charge in [0.25, 0.3) is 7.82 Å². The first-order valence-electron chi connectivity index (χ1n) is 19.8. The number of quaternary nitrogens is 1. The van der Waals surface area contributed by atoms with E-state index in [0.717, 1.165) is 57.8 Å². The normalized spacial score (nSPS) is 15.1. The largest absolute Gasteiger partial charge is 0.756 e. The first-order valence-corrected chi connectivity index (χ1v) is 21.2. The Morgan fingerprint density at radius 1 is 0.717 bits per heavy atom. The number of carbonyl (C=O) groups is 2. The first-order chi connectivity index (χ1) is 25.4. The van der Waals surface area contributed by atoms with Crippen molar-refractivity contribution in [2.75, 3.05) is 47.5 Å². The smallest absolute Gasteiger partial charge is 0.306 e. The highest BCUT2D eigenvalue weighted by atomic mass is 31.2. The molecular formula is C42H72NO9P. The van der Waals surface area contributed by atoms with Crippen LogP contribution in [0, 0.1) is 0 Å². The summed E-state index contributed by atoms with van der Waals surface area (Å²) in [7, 11) is 1.08. The van der Waals surface area contributed by atoms with Crippen LogP contribution in [0.2, 0.25) is 0 Å². The van der Waals surface area contributed by atoms with E-state index in [1.807, 2.05) is 63.7 Å². The van der Waals surface area contributed by atoms with Gasteiger partial charge in [-0.25, -0.2) is 0 Å². The third kappa shape index (κ3) is 37.5. The molecule has 53 heavy (non-hydrogen) atoms. The molecule has 0 aromatic rings. The van der Waals surface area contributed by atoms with Crippen molar-refractivity contribution in [2.24, 2.45) is 0 Å². The zero-order valence-electron chi connectivity index (χ0n) is 33.5. The quantitative estimate of drug-likeness (QED) is 0.0170. The van der Waals surface area contributed by atoms with Crippen LogP contribution in [0.4, 0.5) is 0 Å². The van der Waals surface area contributed by atoms with E-state index in [2.05, 4.69) is 38.2 Å². The van der Waals surface area contributed by atoms with E-state index >= 15 is 0 Å². The molecule has 0 bridgehead atoms. The van der Waals surface area contributed by atoms with Gasteiger partial charge >= 0.3 is 11.9 Å². The van der Waals surface area contributed by atoms with Crippen LogP contribution in [0.15, 0.2) is 72.9 Å². The lowest BCUT2D eigenvalue weighted by Crippen LogP contribution is -2.37. The minimum Gasteiger partial charge on any atom is -0.756 e. The molecule has 1 N–H and O–H groups in total. The Labute approximate surface area is 321 Å². The van der Waals surface area contributed by atoms with Crippen LogP contribution >= 0.6 is 7.82 Å². The fourth-order valence-corrected chi connectivity index (χ4v) is 5.36. The molecule has 0 fully saturated rings. The van der Waals surface area contributed by atoms with E-state index in [4.69, 9.17) is 18.5 Å². The summed E-state index contributed by atoms with van der Waals surface area (Å²) in [6, 6.07) is 0. The molecule has 304 valence electrons. The third-order valence-corrected chi connectivity index (χ3v) is 8.75. The van der Waals surface area contributed by atoms with Gasteiger partial charge in [0, 0.05) is 12.8 Å². The molecule has 0 aliphatic rings. The topological polar surface area (TPSA) is 131 Å². The highest BCUT2D eigenvalue weighted by Crippen LogP contribution is 2.38. The van der Waals surface area contributed by atoms with Gasteiger partial charge in [-0.3, -0.25) is 14.2 Å². The first kappa shape index (κ1) is 50.4. The van der Waals surface area contributed by atoms with E-state index in [1.165, 1.54) is 12.8 Å². The van der Waals surface area contributed by atoms with Crippen LogP contribution in [0.5, 0.6) is 0 Å². The Kier molecular flexibility index (Phi) is 32.3. The van der Waals surface area contributed by atoms with Gasteiger partial charge in [0.1, 0.15) is 19.8 Å². The van der Waals surface area contributed by atoms with Gasteiger partial charge in [0.15, 0.2) is 6.10 Å². The van der Waals surface area contributed by atoms with E-state index < -0.39 is 38.6 Å². The van der Waals surface area contributed by atoms with Gasteiger partial charge in [-0.1, -0.05) is 119 Å². The standard InChI is InChI=1S/C42H72NO9P/c1-6-8-10-12-14-15-16-17-22-26-30-34-42(46)52-40(38-51-53(47,48)50-36-35-43(3,4)5)37-49-41(45)33-29-25-21-19-18-20-24-28-32-39(44)31-27-23-13-11-9-7-2/h9,11-12,14,19-21,23-24,27-28,32,39-40,44H,6-8,10,13,15-18,22,25-26,29-31,33-38H2,1-5H3/b11-9-,14-12-,21-19-,24-20-,27-23-,32-28+/t39?,40-/m1/s1. The molecule has 3 atom stereocenters. The highest BCUT2D eigenvalue weighted by molar-refractivity contribution is 7.45. The number of carbonyl (C=O) groups excluding carboxylic acids is 2. The van der Waals surface area contributed by atoms with Crippen LogP contribution in [-0.4, -0.2) is 81.2 Å². The average molecular weight is 766 g/mol. The van der Waals surface area contributed by atoms with Crippen LogP contribution in [0.1, 0.15) is 123 Å². The van der Waals surface area contributed by atoms with E-state index in [9.17, 15) is 24.2 Å². The second-order valence-corrected chi connectivity index (χ2v) is 15.5. The summed E-state index contributed by atoms with van der Waals surface area (Å²) in [5.41, 5.74) is 0. The molecule has 0 aromatic carbocycles. The summed E-state index contributed by atoms with van der Waals surface area (Å²) < 4.78 is 33.6. The number of phosphoric acid groups is 1. The lowest BCUT2D eigenvalue weighted by atomic mass is 10.1. The SMILES string of the molecule is CC/C=C\C/C=C\CC(O)/C=C/C=C\C/C=C\CCCC(=O)OC[C@H](COP(=O)([O-])OCC[N+](C)(C)C)OC(=O)CCCCCCC/C=C\CCCC. The lowest BCUT2D eigenvalue weighted by Gasteiger charge is -2.28. The maximum absolute atomic E-state index is 12.6. The number of rotatable bonds is 34. The maximum atomic E-state index is 12.6. The predicted octanol–water partition coefficient (Wildman–Crippen LogP) is 9.02. The fraction of sp³-hybridized carbons (Fsp3) is 0.667. The molecule has 0 amide bonds. The summed E-state index contributed by atoms with van der Waals surface area (Å²) >= 11 is 0. The number of nitrogens with zero attached hydrogens (tertiary/aromatic N) is 1. The van der Waals surface area contributed by atoms with Gasteiger partial charge in [-0.15, -0.1) is 0 Å². The van der Waals surface area contributed by atoms with Crippen molar-refractivity contribution in [1.82, 2.24) is 0 Å². The molecule has 0 aliphatic heterocycles. The number of phosphoric ester groups is 1. The summed E-state index contributed by atoms with van der Waals surface area (Å²) in [5, 5.41) is 10.0. The molecule has 0 saturated heterocycles. The van der Waals surface area contributed by atoms with Crippen molar-refractivity contribution in [2.45, 2.75) is 135 Å². The molecule has 2 unspecified atom stereocenters. The molecule has 0 heterocycles. The second kappa shape index (κ2) is 33.9. The van der Waals surface area contributed by atoms with Gasteiger partial charge in [0.05, 0.1) is 33.9 Å². The van der Waals surface area contributed by atoms with Gasteiger partial charge in [-0.05, 0) is 64.2 Å². The molecule has 11 heteroatoms. The number of hydrogen-bond acceptors (Lipinski definition) is 9. The lowest BCUT2D eigenvalue weighted by molar-refractivity contribution is -0.870. The molecule has 0 rings (SSSR count). The van der Waals surface area contributed by atoms with Crippen molar-refractivity contribution in [1.29, 1.82) is 0 Å². The van der Waals surface area contributed by atoms with Gasteiger partial charge in [-0.2, -0.15) is 0 Å². The Bertz CT molecular complexity index is 1150. The van der Waals surface area contributed by atoms with E-state index in [1.54, 1.807) is 6.08 Å². The molecular weight excluding hydrogens is 693 g/mol. The summed E-state index contributed by atoms with van der Waals surface area (Å²) in [5.74, 6) is -0.964. The maximum Gasteiger partial charge on any atom is 0.306 e. The van der Waals surface area contributed by atoms with Gasteiger partial charge in [0.2, 0.25) is 0 Å². The van der Waals surface area contributed by atoms with Crippen LogP contribution in [0.3, 0.4) is 0 Å². The number of esters is 2. The van der Waals surface area contributed by atoms with Gasteiger partial charge < -0.3 is 33.0 Å². The predicted molar refractivity (Wildman–Crippen MR) is 214 cm³/mol. The zero-order chi connectivity index (χ0) is 39.5. The average Bonchev–Trinajstić information content (AvgIpc) is 3.10. The third-order valence-electron chi connectivity index (χ3n) is 7.79. The number of hydrogen-bond donors (Lipinski definition) is 1. The Morgan fingerprint density at radius 3 is 2.08 bits per heavy atom. The Hall–Kier alpha value is -2.59. The Morgan fingerprint density at radius 2 is 1.34 bits per heavy atom. The molecule has 10 nitrogen and oxygen atoms in total. The molecule has 0 aliphatic carbocycles. The molecule has 0 spiro atoms. The monoisotopic (exact) mass is 765 g/mol. The molecule has 0 radical (unpaired) electrons. The summed E-state index contributed by atoms with van der Waals surface area (Å²) in [6.07, 6.45) is 36.9. The van der Waals surface area contributed by atoms with Crippen molar-refractivity contribution < 1.29 is 47.2 Å². The molecule has 0 saturated carbocycles. The highest BCUT2D eigenvalue weighted by Gasteiger charge is 2.21. The van der Waals surface area contributed by atoms with Crippen molar-refractivity contribution in [3.8, 4) is 0 Å². The van der Waals surface area contributed by atoms with Crippen molar-refractivity contribution >= 4 is 19.8 Å². The summed E-state index contributed by atoms with van der Waals surface area (Å²) in [6.45, 7) is 3.86. The Balaban J connectivity index is 4.59. The van der Waals surface area contributed by atoms with Crippen LogP contribution in [0.25, 0.3) is 0 Å². The number of likely N-dealkylation sites (N-methyl/N-ethyl adjacent to an activating group) is 1.